The van der Waals surface area contributed by atoms with E-state index in [0.717, 1.165) is 51.4 Å². The number of unbranched alkanes of at least 4 members (excludes halogenated alkanes) is 6. The molecule has 2 N–H and O–H groups in total. The summed E-state index contributed by atoms with van der Waals surface area (Å²) in [4.78, 5) is 42.4. The number of phosphoric ester groups is 1. The van der Waals surface area contributed by atoms with Crippen molar-refractivity contribution in [3.05, 3.63) is 85.1 Å². The predicted octanol–water partition coefficient (Wildman–Crippen LogP) is 8.56. The number of ether oxygens (including phenoxy) is 2. The molecule has 0 saturated carbocycles. The third-order valence-electron chi connectivity index (χ3n) is 5.79. The molecule has 0 aliphatic carbocycles. The first kappa shape index (κ1) is 40.2. The number of allylic oxidation sites excluding steroid dienone is 14. The first-order chi connectivity index (χ1) is 20.8. The topological polar surface area (TPSA) is 119 Å². The van der Waals surface area contributed by atoms with Gasteiger partial charge in [0.25, 0.3) is 0 Å². The van der Waals surface area contributed by atoms with Gasteiger partial charge in [0.05, 0.1) is 6.61 Å². The fourth-order valence-corrected chi connectivity index (χ4v) is 3.92. The summed E-state index contributed by atoms with van der Waals surface area (Å²) in [7, 11) is -4.77. The maximum atomic E-state index is 12.2. The van der Waals surface area contributed by atoms with Crippen molar-refractivity contribution in [3.63, 3.8) is 0 Å². The van der Waals surface area contributed by atoms with Gasteiger partial charge < -0.3 is 19.3 Å². The normalized spacial score (nSPS) is 13.7. The van der Waals surface area contributed by atoms with E-state index in [1.807, 2.05) is 54.7 Å². The summed E-state index contributed by atoms with van der Waals surface area (Å²) < 4.78 is 26.1. The summed E-state index contributed by atoms with van der Waals surface area (Å²) in [5.41, 5.74) is 0. The van der Waals surface area contributed by atoms with Gasteiger partial charge in [0.2, 0.25) is 0 Å². The number of hydrogen-bond acceptors (Lipinski definition) is 6. The van der Waals surface area contributed by atoms with E-state index >= 15 is 0 Å². The second-order valence-electron chi connectivity index (χ2n) is 9.79. The summed E-state index contributed by atoms with van der Waals surface area (Å²) in [6.45, 7) is 3.30. The molecular formula is C34H53O8P. The van der Waals surface area contributed by atoms with Gasteiger partial charge in [0.1, 0.15) is 6.61 Å². The van der Waals surface area contributed by atoms with Crippen molar-refractivity contribution in [2.45, 2.75) is 103 Å². The summed E-state index contributed by atoms with van der Waals surface area (Å²) >= 11 is 0. The Morgan fingerprint density at radius 3 is 1.86 bits per heavy atom. The smallest absolute Gasteiger partial charge is 0.462 e. The molecule has 1 unspecified atom stereocenters. The van der Waals surface area contributed by atoms with Crippen molar-refractivity contribution in [2.24, 2.45) is 0 Å². The Morgan fingerprint density at radius 1 is 0.628 bits per heavy atom. The highest BCUT2D eigenvalue weighted by molar-refractivity contribution is 7.46. The van der Waals surface area contributed by atoms with Crippen LogP contribution >= 0.6 is 7.82 Å². The lowest BCUT2D eigenvalue weighted by atomic mass is 10.1. The maximum Gasteiger partial charge on any atom is 0.469 e. The van der Waals surface area contributed by atoms with Gasteiger partial charge in [-0.25, -0.2) is 4.57 Å². The fraction of sp³-hybridized carbons (Fsp3) is 0.529. The molecule has 0 aromatic heterocycles. The fourth-order valence-electron chi connectivity index (χ4n) is 3.56. The van der Waals surface area contributed by atoms with Crippen LogP contribution in [0.25, 0.3) is 0 Å². The van der Waals surface area contributed by atoms with Gasteiger partial charge in [-0.15, -0.1) is 0 Å². The highest BCUT2D eigenvalue weighted by Gasteiger charge is 2.22. The lowest BCUT2D eigenvalue weighted by molar-refractivity contribution is -0.161. The van der Waals surface area contributed by atoms with Crippen LogP contribution in [0.1, 0.15) is 97.3 Å². The Labute approximate surface area is 259 Å². The van der Waals surface area contributed by atoms with Crippen LogP contribution in [-0.2, 0) is 28.2 Å². The SMILES string of the molecule is CC/C=C/C=C/C=C/C=C/C=C/CCCC(=O)OC(COC(=O)CCCCCCC/C=C/C/C=C/CC)COP(=O)(O)O. The van der Waals surface area contributed by atoms with Crippen LogP contribution in [0, 0.1) is 0 Å². The first-order valence-corrected chi connectivity index (χ1v) is 17.0. The zero-order chi connectivity index (χ0) is 31.9. The van der Waals surface area contributed by atoms with Crippen molar-refractivity contribution < 1.29 is 37.9 Å². The minimum atomic E-state index is -4.77. The van der Waals surface area contributed by atoms with Gasteiger partial charge in [-0.1, -0.05) is 118 Å². The summed E-state index contributed by atoms with van der Waals surface area (Å²) in [5, 5.41) is 0. The number of esters is 2. The van der Waals surface area contributed by atoms with E-state index in [1.165, 1.54) is 0 Å². The maximum absolute atomic E-state index is 12.2. The molecule has 0 aromatic rings. The Balaban J connectivity index is 4.25. The molecule has 0 aliphatic heterocycles. The van der Waals surface area contributed by atoms with Crippen LogP contribution in [0.5, 0.6) is 0 Å². The molecule has 0 amide bonds. The van der Waals surface area contributed by atoms with Crippen LogP contribution in [0.2, 0.25) is 0 Å². The third kappa shape index (κ3) is 32.0. The van der Waals surface area contributed by atoms with Gasteiger partial charge >= 0.3 is 19.8 Å². The average molecular weight is 621 g/mol. The van der Waals surface area contributed by atoms with Crippen LogP contribution in [-0.4, -0.2) is 41.0 Å². The summed E-state index contributed by atoms with van der Waals surface area (Å²) in [6, 6.07) is 0. The highest BCUT2D eigenvalue weighted by Crippen LogP contribution is 2.35. The molecule has 0 saturated heterocycles. The van der Waals surface area contributed by atoms with E-state index in [4.69, 9.17) is 19.3 Å². The van der Waals surface area contributed by atoms with Gasteiger partial charge in [0, 0.05) is 12.8 Å². The number of carbonyl (C=O) groups is 2. The van der Waals surface area contributed by atoms with Crippen molar-refractivity contribution >= 4 is 19.8 Å². The van der Waals surface area contributed by atoms with E-state index < -0.39 is 32.5 Å². The molecule has 9 heteroatoms. The lowest BCUT2D eigenvalue weighted by Gasteiger charge is -2.18. The monoisotopic (exact) mass is 620 g/mol. The van der Waals surface area contributed by atoms with Crippen LogP contribution in [0.3, 0.4) is 0 Å². The molecule has 1 atom stereocenters. The number of carbonyl (C=O) groups excluding carboxylic acids is 2. The molecular weight excluding hydrogens is 567 g/mol. The van der Waals surface area contributed by atoms with E-state index in [0.29, 0.717) is 19.3 Å². The second-order valence-corrected chi connectivity index (χ2v) is 11.0. The van der Waals surface area contributed by atoms with Crippen molar-refractivity contribution in [1.29, 1.82) is 0 Å². The molecule has 242 valence electrons. The van der Waals surface area contributed by atoms with Crippen LogP contribution in [0.4, 0.5) is 0 Å². The largest absolute Gasteiger partial charge is 0.469 e. The average Bonchev–Trinajstić information content (AvgIpc) is 2.97. The molecule has 43 heavy (non-hydrogen) atoms. The molecule has 8 nitrogen and oxygen atoms in total. The first-order valence-electron chi connectivity index (χ1n) is 15.4. The summed E-state index contributed by atoms with van der Waals surface area (Å²) in [6.07, 6.45) is 37.5. The molecule has 0 rings (SSSR count). The van der Waals surface area contributed by atoms with Crippen molar-refractivity contribution in [2.75, 3.05) is 13.2 Å². The van der Waals surface area contributed by atoms with E-state index in [-0.39, 0.29) is 19.4 Å². The van der Waals surface area contributed by atoms with Gasteiger partial charge in [-0.2, -0.15) is 0 Å². The number of hydrogen-bond donors (Lipinski definition) is 2. The second kappa shape index (κ2) is 29.3. The molecule has 0 heterocycles. The standard InChI is InChI=1S/C34H53O8P/c1-3-5-7-9-11-13-15-17-19-21-23-25-27-29-34(36)42-32(31-41-43(37,38)39)30-40-33(35)28-26-24-22-20-18-16-14-12-10-8-6-4-2/h5-9,11-15,17,19,21,23,32H,3-4,10,16,18,20,22,24-31H2,1-2H3,(H2,37,38,39)/b7-5+,8-6+,11-9+,14-12+,15-13+,19-17+,23-21+. The minimum Gasteiger partial charge on any atom is -0.462 e. The van der Waals surface area contributed by atoms with Gasteiger partial charge in [-0.3, -0.25) is 14.1 Å². The zero-order valence-electron chi connectivity index (χ0n) is 26.1. The predicted molar refractivity (Wildman–Crippen MR) is 174 cm³/mol. The van der Waals surface area contributed by atoms with Crippen molar-refractivity contribution in [3.8, 4) is 0 Å². The van der Waals surface area contributed by atoms with Crippen LogP contribution in [0.15, 0.2) is 85.1 Å². The van der Waals surface area contributed by atoms with Crippen LogP contribution < -0.4 is 0 Å². The highest BCUT2D eigenvalue weighted by atomic mass is 31.2. The van der Waals surface area contributed by atoms with Gasteiger partial charge in [-0.05, 0) is 51.4 Å². The minimum absolute atomic E-state index is 0.107. The Morgan fingerprint density at radius 2 is 1.19 bits per heavy atom. The molecule has 0 fully saturated rings. The molecule has 0 bridgehead atoms. The Kier molecular flexibility index (Phi) is 27.4. The summed E-state index contributed by atoms with van der Waals surface area (Å²) in [5.74, 6) is -1.00. The lowest BCUT2D eigenvalue weighted by Crippen LogP contribution is -2.29. The zero-order valence-corrected chi connectivity index (χ0v) is 27.0. The molecule has 0 radical (unpaired) electrons. The third-order valence-corrected chi connectivity index (χ3v) is 6.27. The van der Waals surface area contributed by atoms with E-state index in [1.54, 1.807) is 0 Å². The molecule has 0 aromatic carbocycles. The number of phosphoric acid groups is 1. The molecule has 0 aliphatic rings. The van der Waals surface area contributed by atoms with E-state index in [9.17, 15) is 14.2 Å². The molecule has 0 spiro atoms. The Hall–Kier alpha value is -2.77. The van der Waals surface area contributed by atoms with Gasteiger partial charge in [0.15, 0.2) is 6.10 Å². The Bertz CT molecular complexity index is 969. The quantitative estimate of drug-likeness (QED) is 0.0325. The number of rotatable bonds is 26. The van der Waals surface area contributed by atoms with E-state index in [2.05, 4.69) is 48.8 Å². The van der Waals surface area contributed by atoms with Crippen molar-refractivity contribution in [1.82, 2.24) is 0 Å².